The first-order valence-electron chi connectivity index (χ1n) is 6.26. The molecule has 1 aliphatic rings. The highest BCUT2D eigenvalue weighted by Crippen LogP contribution is 2.35. The van der Waals surface area contributed by atoms with E-state index in [2.05, 4.69) is 0 Å². The van der Waals surface area contributed by atoms with Crippen molar-refractivity contribution >= 4 is 12.0 Å². The van der Waals surface area contributed by atoms with Gasteiger partial charge in [0.05, 0.1) is 17.2 Å². The molecule has 0 radical (unpaired) electrons. The van der Waals surface area contributed by atoms with Crippen LogP contribution in [-0.2, 0) is 0 Å². The zero-order chi connectivity index (χ0) is 14.8. The van der Waals surface area contributed by atoms with Gasteiger partial charge in [-0.25, -0.2) is 0 Å². The van der Waals surface area contributed by atoms with Gasteiger partial charge in [0.15, 0.2) is 0 Å². The average Bonchev–Trinajstić information content (AvgIpc) is 2.45. The lowest BCUT2D eigenvalue weighted by molar-refractivity contribution is -0.175. The van der Waals surface area contributed by atoms with E-state index in [-0.39, 0.29) is 18.5 Å². The molecule has 1 aromatic rings. The third kappa shape index (κ3) is 2.93. The Bertz CT molecular complexity index is 548. The molecule has 1 saturated heterocycles. The Morgan fingerprint density at radius 1 is 1.40 bits per heavy atom. The summed E-state index contributed by atoms with van der Waals surface area (Å²) in [6.07, 6.45) is -3.05. The van der Waals surface area contributed by atoms with Crippen molar-refractivity contribution in [1.29, 1.82) is 5.26 Å². The summed E-state index contributed by atoms with van der Waals surface area (Å²) in [5.74, 6) is -1.37. The number of alkyl halides is 3. The molecule has 106 valence electrons. The molecule has 1 atom stereocenters. The van der Waals surface area contributed by atoms with Crippen LogP contribution >= 0.6 is 0 Å². The lowest BCUT2D eigenvalue weighted by Crippen LogP contribution is -2.42. The van der Waals surface area contributed by atoms with Gasteiger partial charge in [0.25, 0.3) is 0 Å². The van der Waals surface area contributed by atoms with Gasteiger partial charge in [-0.15, -0.1) is 0 Å². The number of carbonyl (C=O) groups is 1. The van der Waals surface area contributed by atoms with Gasteiger partial charge in [0, 0.05) is 18.7 Å². The Morgan fingerprint density at radius 3 is 2.75 bits per heavy atom. The summed E-state index contributed by atoms with van der Waals surface area (Å²) < 4.78 is 38.4. The molecular formula is C14H13F3N2O. The largest absolute Gasteiger partial charge is 0.393 e. The first kappa shape index (κ1) is 14.4. The van der Waals surface area contributed by atoms with E-state index in [4.69, 9.17) is 5.26 Å². The van der Waals surface area contributed by atoms with Gasteiger partial charge in [-0.3, -0.25) is 4.79 Å². The molecule has 0 bridgehead atoms. The van der Waals surface area contributed by atoms with Gasteiger partial charge in [-0.2, -0.15) is 18.4 Å². The van der Waals surface area contributed by atoms with Crippen molar-refractivity contribution < 1.29 is 18.0 Å². The number of piperidine rings is 1. The number of benzene rings is 1. The summed E-state index contributed by atoms with van der Waals surface area (Å²) in [6.45, 7) is 0.348. The van der Waals surface area contributed by atoms with Gasteiger partial charge in [0.1, 0.15) is 12.4 Å². The van der Waals surface area contributed by atoms with Gasteiger partial charge in [0.2, 0.25) is 0 Å². The number of hydrogen-bond acceptors (Lipinski definition) is 3. The maximum Gasteiger partial charge on any atom is 0.393 e. The van der Waals surface area contributed by atoms with Crippen molar-refractivity contribution in [3.05, 3.63) is 29.3 Å². The number of carbonyl (C=O) groups excluding carboxylic acids is 1. The van der Waals surface area contributed by atoms with Crippen molar-refractivity contribution in [1.82, 2.24) is 0 Å². The summed E-state index contributed by atoms with van der Waals surface area (Å²) in [7, 11) is 0. The highest BCUT2D eigenvalue weighted by molar-refractivity contribution is 5.78. The van der Waals surface area contributed by atoms with Gasteiger partial charge in [-0.05, 0) is 31.0 Å². The summed E-state index contributed by atoms with van der Waals surface area (Å²) in [6, 6.07) is 6.40. The Hall–Kier alpha value is -2.03. The molecule has 0 N–H and O–H groups in total. The summed E-state index contributed by atoms with van der Waals surface area (Å²) in [4.78, 5) is 12.3. The highest BCUT2D eigenvalue weighted by atomic mass is 19.4. The van der Waals surface area contributed by atoms with Crippen molar-refractivity contribution in [3.63, 3.8) is 0 Å². The maximum absolute atomic E-state index is 12.8. The van der Waals surface area contributed by atoms with Crippen molar-refractivity contribution in [2.24, 2.45) is 5.92 Å². The molecule has 0 amide bonds. The Morgan fingerprint density at radius 2 is 2.15 bits per heavy atom. The molecule has 20 heavy (non-hydrogen) atoms. The van der Waals surface area contributed by atoms with Crippen LogP contribution in [0.25, 0.3) is 0 Å². The average molecular weight is 282 g/mol. The van der Waals surface area contributed by atoms with Crippen LogP contribution in [0.5, 0.6) is 0 Å². The van der Waals surface area contributed by atoms with Gasteiger partial charge in [-0.1, -0.05) is 0 Å². The van der Waals surface area contributed by atoms with E-state index >= 15 is 0 Å². The second-order valence-corrected chi connectivity index (χ2v) is 4.83. The molecule has 1 fully saturated rings. The predicted molar refractivity (Wildman–Crippen MR) is 67.5 cm³/mol. The van der Waals surface area contributed by atoms with Crippen LogP contribution < -0.4 is 4.90 Å². The normalized spacial score (nSPS) is 19.5. The quantitative estimate of drug-likeness (QED) is 0.783. The molecule has 3 nitrogen and oxygen atoms in total. The van der Waals surface area contributed by atoms with Crippen molar-refractivity contribution in [3.8, 4) is 6.07 Å². The van der Waals surface area contributed by atoms with E-state index in [1.807, 2.05) is 6.07 Å². The van der Waals surface area contributed by atoms with E-state index in [0.717, 1.165) is 0 Å². The van der Waals surface area contributed by atoms with Crippen LogP contribution in [0.2, 0.25) is 0 Å². The van der Waals surface area contributed by atoms with Crippen LogP contribution in [0, 0.1) is 17.2 Å². The minimum atomic E-state index is -4.21. The maximum atomic E-state index is 12.8. The molecule has 0 aliphatic carbocycles. The fourth-order valence-corrected chi connectivity index (χ4v) is 2.46. The SMILES string of the molecule is N#Cc1cc(C=O)ccc1N1CCCC(C(F)(F)F)C1. The molecule has 1 heterocycles. The first-order chi connectivity index (χ1) is 9.45. The number of halogens is 3. The third-order valence-electron chi connectivity index (χ3n) is 3.50. The number of nitrogens with zero attached hydrogens (tertiary/aromatic N) is 2. The Labute approximate surface area is 114 Å². The lowest BCUT2D eigenvalue weighted by Gasteiger charge is -2.35. The van der Waals surface area contributed by atoms with Crippen LogP contribution in [0.1, 0.15) is 28.8 Å². The number of aldehydes is 1. The molecule has 1 unspecified atom stereocenters. The molecule has 1 aliphatic heterocycles. The number of anilines is 1. The zero-order valence-corrected chi connectivity index (χ0v) is 10.7. The fourth-order valence-electron chi connectivity index (χ4n) is 2.46. The van der Waals surface area contributed by atoms with Crippen LogP contribution in [0.15, 0.2) is 18.2 Å². The number of nitriles is 1. The molecule has 1 aromatic carbocycles. The minimum absolute atomic E-state index is 0.119. The van der Waals surface area contributed by atoms with Crippen molar-refractivity contribution in [2.75, 3.05) is 18.0 Å². The minimum Gasteiger partial charge on any atom is -0.370 e. The van der Waals surface area contributed by atoms with Crippen LogP contribution in [-0.4, -0.2) is 25.6 Å². The summed E-state index contributed by atoms with van der Waals surface area (Å²) >= 11 is 0. The van der Waals surface area contributed by atoms with E-state index in [0.29, 0.717) is 30.5 Å². The number of rotatable bonds is 2. The van der Waals surface area contributed by atoms with E-state index in [1.54, 1.807) is 11.0 Å². The molecule has 0 aromatic heterocycles. The van der Waals surface area contributed by atoms with E-state index < -0.39 is 12.1 Å². The molecule has 2 rings (SSSR count). The standard InChI is InChI=1S/C14H13F3N2O/c15-14(16,17)12-2-1-5-19(8-12)13-4-3-10(9-20)6-11(13)7-18/h3-4,6,9,12H,1-2,5,8H2. The third-order valence-corrected chi connectivity index (χ3v) is 3.50. The monoisotopic (exact) mass is 282 g/mol. The van der Waals surface area contributed by atoms with Gasteiger partial charge < -0.3 is 4.90 Å². The second-order valence-electron chi connectivity index (χ2n) is 4.83. The second kappa shape index (κ2) is 5.53. The molecular weight excluding hydrogens is 269 g/mol. The fraction of sp³-hybridized carbons (Fsp3) is 0.429. The smallest absolute Gasteiger partial charge is 0.370 e. The zero-order valence-electron chi connectivity index (χ0n) is 10.7. The van der Waals surface area contributed by atoms with Crippen LogP contribution in [0.3, 0.4) is 0 Å². The Balaban J connectivity index is 2.27. The topological polar surface area (TPSA) is 44.1 Å². The van der Waals surface area contributed by atoms with E-state index in [9.17, 15) is 18.0 Å². The summed E-state index contributed by atoms with van der Waals surface area (Å²) in [5.41, 5.74) is 1.04. The van der Waals surface area contributed by atoms with E-state index in [1.165, 1.54) is 12.1 Å². The first-order valence-corrected chi connectivity index (χ1v) is 6.26. The molecule has 6 heteroatoms. The van der Waals surface area contributed by atoms with Crippen molar-refractivity contribution in [2.45, 2.75) is 19.0 Å². The van der Waals surface area contributed by atoms with Gasteiger partial charge >= 0.3 is 6.18 Å². The lowest BCUT2D eigenvalue weighted by atomic mass is 9.96. The Kier molecular flexibility index (Phi) is 3.98. The predicted octanol–water partition coefficient (Wildman–Crippen LogP) is 3.15. The van der Waals surface area contributed by atoms with Crippen LogP contribution in [0.4, 0.5) is 18.9 Å². The summed E-state index contributed by atoms with van der Waals surface area (Å²) in [5, 5.41) is 9.08. The number of hydrogen-bond donors (Lipinski definition) is 0. The molecule has 0 spiro atoms. The molecule has 0 saturated carbocycles. The highest BCUT2D eigenvalue weighted by Gasteiger charge is 2.42.